The molecule has 0 saturated carbocycles. The van der Waals surface area contributed by atoms with Crippen LogP contribution in [0.1, 0.15) is 15.9 Å². The fourth-order valence-electron chi connectivity index (χ4n) is 1.91. The highest BCUT2D eigenvalue weighted by Gasteiger charge is 2.15. The predicted octanol–water partition coefficient (Wildman–Crippen LogP) is 2.04. The maximum Gasteiger partial charge on any atom is 0.340 e. The van der Waals surface area contributed by atoms with Gasteiger partial charge >= 0.3 is 5.97 Å². The molecule has 1 aromatic carbocycles. The molecule has 0 radical (unpaired) electrons. The molecule has 1 heterocycles. The molecule has 2 aromatic rings. The Hall–Kier alpha value is -2.96. The topological polar surface area (TPSA) is 68.7 Å². The van der Waals surface area contributed by atoms with Crippen LogP contribution in [0.4, 0.5) is 4.39 Å². The first-order valence-corrected chi connectivity index (χ1v) is 7.16. The number of ether oxygens (including phenoxy) is 2. The molecule has 0 N–H and O–H groups in total. The van der Waals surface area contributed by atoms with E-state index in [2.05, 4.69) is 4.98 Å². The first-order chi connectivity index (χ1) is 11.5. The lowest BCUT2D eigenvalue weighted by atomic mass is 10.2. The molecule has 0 spiro atoms. The molecule has 6 nitrogen and oxygen atoms in total. The van der Waals surface area contributed by atoms with Crippen LogP contribution in [0.25, 0.3) is 0 Å². The van der Waals surface area contributed by atoms with Gasteiger partial charge in [0.2, 0.25) is 5.88 Å². The number of rotatable bonds is 6. The lowest BCUT2D eigenvalue weighted by Gasteiger charge is -2.17. The molecule has 0 aliphatic carbocycles. The Balaban J connectivity index is 1.87. The average molecular weight is 332 g/mol. The third-order valence-electron chi connectivity index (χ3n) is 3.30. The summed E-state index contributed by atoms with van der Waals surface area (Å²) in [5, 5.41) is 0. The van der Waals surface area contributed by atoms with E-state index in [0.717, 1.165) is 0 Å². The summed E-state index contributed by atoms with van der Waals surface area (Å²) >= 11 is 0. The molecule has 0 fully saturated rings. The number of carbonyl (C=O) groups is 2. The standard InChI is InChI=1S/C17H17FN2O4/c1-20(10-13-5-3-4-6-14(13)18)16(21)11-24-17(22)12-7-8-15(23-2)19-9-12/h3-9H,10-11H2,1-2H3. The van der Waals surface area contributed by atoms with Gasteiger partial charge in [-0.15, -0.1) is 0 Å². The molecule has 0 aliphatic heterocycles. The van der Waals surface area contributed by atoms with E-state index in [-0.39, 0.29) is 12.1 Å². The highest BCUT2D eigenvalue weighted by Crippen LogP contribution is 2.10. The van der Waals surface area contributed by atoms with Crippen LogP contribution in [-0.4, -0.2) is 42.5 Å². The summed E-state index contributed by atoms with van der Waals surface area (Å²) in [5.74, 6) is -1.13. The Kier molecular flexibility index (Phi) is 5.83. The van der Waals surface area contributed by atoms with Crippen molar-refractivity contribution in [3.63, 3.8) is 0 Å². The van der Waals surface area contributed by atoms with Crippen molar-refractivity contribution in [3.8, 4) is 5.88 Å². The molecule has 0 aliphatic rings. The highest BCUT2D eigenvalue weighted by atomic mass is 19.1. The maximum atomic E-state index is 13.6. The lowest BCUT2D eigenvalue weighted by molar-refractivity contribution is -0.133. The number of amides is 1. The lowest BCUT2D eigenvalue weighted by Crippen LogP contribution is -2.31. The van der Waals surface area contributed by atoms with Crippen molar-refractivity contribution >= 4 is 11.9 Å². The number of nitrogens with zero attached hydrogens (tertiary/aromatic N) is 2. The van der Waals surface area contributed by atoms with E-state index in [9.17, 15) is 14.0 Å². The highest BCUT2D eigenvalue weighted by molar-refractivity contribution is 5.91. The third kappa shape index (κ3) is 4.52. The molecule has 1 aromatic heterocycles. The number of halogens is 1. The van der Waals surface area contributed by atoms with Gasteiger partial charge in [-0.1, -0.05) is 18.2 Å². The number of esters is 1. The van der Waals surface area contributed by atoms with Gasteiger partial charge in [-0.3, -0.25) is 4.79 Å². The van der Waals surface area contributed by atoms with Gasteiger partial charge in [0.1, 0.15) is 5.82 Å². The largest absolute Gasteiger partial charge is 0.481 e. The van der Waals surface area contributed by atoms with E-state index in [4.69, 9.17) is 9.47 Å². The molecule has 0 unspecified atom stereocenters. The molecule has 1 amide bonds. The Morgan fingerprint density at radius 1 is 1.21 bits per heavy atom. The normalized spacial score (nSPS) is 10.1. The summed E-state index contributed by atoms with van der Waals surface area (Å²) in [6.45, 7) is -0.344. The molecule has 7 heteroatoms. The minimum Gasteiger partial charge on any atom is -0.481 e. The van der Waals surface area contributed by atoms with Gasteiger partial charge in [-0.05, 0) is 12.1 Å². The molecule has 2 rings (SSSR count). The van der Waals surface area contributed by atoms with Crippen molar-refractivity contribution in [2.45, 2.75) is 6.54 Å². The van der Waals surface area contributed by atoms with Crippen LogP contribution in [0.2, 0.25) is 0 Å². The zero-order valence-corrected chi connectivity index (χ0v) is 13.4. The number of aromatic nitrogens is 1. The fourth-order valence-corrected chi connectivity index (χ4v) is 1.91. The third-order valence-corrected chi connectivity index (χ3v) is 3.30. The van der Waals surface area contributed by atoms with Crippen LogP contribution in [0.5, 0.6) is 5.88 Å². The van der Waals surface area contributed by atoms with Gasteiger partial charge in [0, 0.05) is 31.4 Å². The van der Waals surface area contributed by atoms with Gasteiger partial charge in [0.25, 0.3) is 5.91 Å². The van der Waals surface area contributed by atoms with Crippen LogP contribution in [0.15, 0.2) is 42.6 Å². The molecule has 0 saturated heterocycles. The number of carbonyl (C=O) groups excluding carboxylic acids is 2. The van der Waals surface area contributed by atoms with Gasteiger partial charge in [-0.25, -0.2) is 14.2 Å². The van der Waals surface area contributed by atoms with Crippen molar-refractivity contribution in [1.29, 1.82) is 0 Å². The Labute approximate surface area is 138 Å². The molecular weight excluding hydrogens is 315 g/mol. The molecule has 0 atom stereocenters. The van der Waals surface area contributed by atoms with E-state index < -0.39 is 24.3 Å². The van der Waals surface area contributed by atoms with E-state index in [1.54, 1.807) is 18.2 Å². The van der Waals surface area contributed by atoms with Crippen molar-refractivity contribution in [2.24, 2.45) is 0 Å². The van der Waals surface area contributed by atoms with E-state index in [0.29, 0.717) is 11.4 Å². The molecule has 24 heavy (non-hydrogen) atoms. The summed E-state index contributed by atoms with van der Waals surface area (Å²) in [4.78, 5) is 29.0. The van der Waals surface area contributed by atoms with Crippen LogP contribution >= 0.6 is 0 Å². The predicted molar refractivity (Wildman–Crippen MR) is 83.9 cm³/mol. The number of hydrogen-bond donors (Lipinski definition) is 0. The monoisotopic (exact) mass is 332 g/mol. The molecule has 126 valence electrons. The second-order valence-electron chi connectivity index (χ2n) is 5.01. The second kappa shape index (κ2) is 8.05. The minimum atomic E-state index is -0.669. The number of hydrogen-bond acceptors (Lipinski definition) is 5. The summed E-state index contributed by atoms with van der Waals surface area (Å²) in [6, 6.07) is 9.18. The van der Waals surface area contributed by atoms with Crippen LogP contribution in [0.3, 0.4) is 0 Å². The number of benzene rings is 1. The van der Waals surface area contributed by atoms with E-state index >= 15 is 0 Å². The quantitative estimate of drug-likeness (QED) is 0.757. The Morgan fingerprint density at radius 2 is 1.96 bits per heavy atom. The summed E-state index contributed by atoms with van der Waals surface area (Å²) in [7, 11) is 2.97. The van der Waals surface area contributed by atoms with Crippen LogP contribution in [-0.2, 0) is 16.1 Å². The van der Waals surface area contributed by atoms with E-state index in [1.807, 2.05) is 0 Å². The van der Waals surface area contributed by atoms with Gasteiger partial charge < -0.3 is 14.4 Å². The minimum absolute atomic E-state index is 0.0904. The van der Waals surface area contributed by atoms with Gasteiger partial charge in [0.15, 0.2) is 6.61 Å². The van der Waals surface area contributed by atoms with Crippen LogP contribution in [0, 0.1) is 5.82 Å². The summed E-state index contributed by atoms with van der Waals surface area (Å²) < 4.78 is 23.4. The number of likely N-dealkylation sites (N-methyl/N-ethyl adjacent to an activating group) is 1. The SMILES string of the molecule is COc1ccc(C(=O)OCC(=O)N(C)Cc2ccccc2F)cn1. The Bertz CT molecular complexity index is 719. The van der Waals surface area contributed by atoms with Gasteiger partial charge in [-0.2, -0.15) is 0 Å². The zero-order valence-electron chi connectivity index (χ0n) is 13.4. The van der Waals surface area contributed by atoms with Crippen molar-refractivity contribution in [3.05, 3.63) is 59.5 Å². The number of methoxy groups -OCH3 is 1. The molecular formula is C17H17FN2O4. The van der Waals surface area contributed by atoms with Crippen molar-refractivity contribution < 1.29 is 23.5 Å². The summed E-state index contributed by atoms with van der Waals surface area (Å²) in [5.41, 5.74) is 0.597. The van der Waals surface area contributed by atoms with Gasteiger partial charge in [0.05, 0.1) is 12.7 Å². The zero-order chi connectivity index (χ0) is 17.5. The first-order valence-electron chi connectivity index (χ1n) is 7.16. The second-order valence-corrected chi connectivity index (χ2v) is 5.01. The van der Waals surface area contributed by atoms with E-state index in [1.165, 1.54) is 43.5 Å². The Morgan fingerprint density at radius 3 is 2.58 bits per heavy atom. The first kappa shape index (κ1) is 17.4. The van der Waals surface area contributed by atoms with Crippen LogP contribution < -0.4 is 4.74 Å². The fraction of sp³-hybridized carbons (Fsp3) is 0.235. The summed E-state index contributed by atoms with van der Waals surface area (Å²) in [6.07, 6.45) is 1.30. The molecule has 0 bridgehead atoms. The maximum absolute atomic E-state index is 13.6. The average Bonchev–Trinajstić information content (AvgIpc) is 2.61. The van der Waals surface area contributed by atoms with Crippen molar-refractivity contribution in [2.75, 3.05) is 20.8 Å². The number of pyridine rings is 1. The smallest absolute Gasteiger partial charge is 0.340 e. The van der Waals surface area contributed by atoms with Crippen molar-refractivity contribution in [1.82, 2.24) is 9.88 Å².